The van der Waals surface area contributed by atoms with Crippen LogP contribution in [-0.4, -0.2) is 31.9 Å². The number of rotatable bonds is 4. The van der Waals surface area contributed by atoms with Crippen LogP contribution < -0.4 is 10.6 Å². The number of anilines is 2. The molecule has 0 radical (unpaired) electrons. The van der Waals surface area contributed by atoms with Gasteiger partial charge in [-0.3, -0.25) is 10.1 Å². The monoisotopic (exact) mass is 474 g/mol. The van der Waals surface area contributed by atoms with E-state index in [9.17, 15) is 9.59 Å². The standard InChI is InChI=1S/C18H12BrClN6O3/c1-9-5-10(8-21)6-12(23-18(28)29)15(9)24-17(27)13-7-14(19)25-26(13)16-11(20)3-2-4-22-16/h2-7,23H,1H3,(H,24,27)(H,28,29). The molecule has 2 heterocycles. The van der Waals surface area contributed by atoms with Gasteiger partial charge in [-0.05, 0) is 52.7 Å². The minimum Gasteiger partial charge on any atom is -0.465 e. The number of aryl methyl sites for hydroxylation is 1. The quantitative estimate of drug-likeness (QED) is 0.518. The molecule has 0 aliphatic carbocycles. The second-order valence-corrected chi connectivity index (χ2v) is 7.00. The van der Waals surface area contributed by atoms with Crippen LogP contribution in [0.3, 0.4) is 0 Å². The van der Waals surface area contributed by atoms with Crippen LogP contribution in [0.1, 0.15) is 21.6 Å². The molecular formula is C18H12BrClN6O3. The van der Waals surface area contributed by atoms with Gasteiger partial charge in [0.25, 0.3) is 5.91 Å². The van der Waals surface area contributed by atoms with E-state index in [1.165, 1.54) is 29.1 Å². The fourth-order valence-corrected chi connectivity index (χ4v) is 3.19. The van der Waals surface area contributed by atoms with Crippen molar-refractivity contribution in [2.75, 3.05) is 10.6 Å². The summed E-state index contributed by atoms with van der Waals surface area (Å²) < 4.78 is 1.65. The van der Waals surface area contributed by atoms with Crippen LogP contribution in [0.4, 0.5) is 16.2 Å². The summed E-state index contributed by atoms with van der Waals surface area (Å²) in [6.45, 7) is 1.65. The molecular weight excluding hydrogens is 464 g/mol. The summed E-state index contributed by atoms with van der Waals surface area (Å²) in [7, 11) is 0. The highest BCUT2D eigenvalue weighted by molar-refractivity contribution is 9.10. The summed E-state index contributed by atoms with van der Waals surface area (Å²) in [4.78, 5) is 28.2. The van der Waals surface area contributed by atoms with Crippen LogP contribution in [0, 0.1) is 18.3 Å². The molecule has 3 rings (SSSR count). The molecule has 0 spiro atoms. The summed E-state index contributed by atoms with van der Waals surface area (Å²) in [5.74, 6) is -0.323. The first kappa shape index (κ1) is 20.3. The molecule has 0 saturated carbocycles. The Balaban J connectivity index is 2.04. The van der Waals surface area contributed by atoms with Gasteiger partial charge >= 0.3 is 6.09 Å². The van der Waals surface area contributed by atoms with Crippen molar-refractivity contribution in [2.45, 2.75) is 6.92 Å². The number of nitrogens with one attached hydrogen (secondary N) is 2. The number of pyridine rings is 1. The third-order valence-corrected chi connectivity index (χ3v) is 4.48. The number of benzene rings is 1. The summed E-state index contributed by atoms with van der Waals surface area (Å²) in [5, 5.41) is 27.5. The maximum atomic E-state index is 13.0. The number of carbonyl (C=O) groups excluding carboxylic acids is 1. The molecule has 0 fully saturated rings. The highest BCUT2D eigenvalue weighted by Gasteiger charge is 2.21. The SMILES string of the molecule is Cc1cc(C#N)cc(NC(=O)O)c1NC(=O)c1cc(Br)nn1-c1ncccc1Cl. The Bertz CT molecular complexity index is 1170. The predicted octanol–water partition coefficient (Wildman–Crippen LogP) is 4.21. The predicted molar refractivity (Wildman–Crippen MR) is 110 cm³/mol. The Morgan fingerprint density at radius 3 is 2.72 bits per heavy atom. The normalized spacial score (nSPS) is 10.3. The third kappa shape index (κ3) is 4.37. The summed E-state index contributed by atoms with van der Waals surface area (Å²) in [5.41, 5.74) is 1.15. The lowest BCUT2D eigenvalue weighted by Gasteiger charge is -2.15. The fraction of sp³-hybridized carbons (Fsp3) is 0.0556. The van der Waals surface area contributed by atoms with E-state index in [2.05, 4.69) is 36.6 Å². The first-order valence-electron chi connectivity index (χ1n) is 8.02. The van der Waals surface area contributed by atoms with E-state index < -0.39 is 12.0 Å². The zero-order valence-electron chi connectivity index (χ0n) is 14.8. The van der Waals surface area contributed by atoms with E-state index in [4.69, 9.17) is 22.0 Å². The van der Waals surface area contributed by atoms with Crippen molar-refractivity contribution >= 4 is 50.9 Å². The van der Waals surface area contributed by atoms with E-state index in [1.54, 1.807) is 19.1 Å². The zero-order chi connectivity index (χ0) is 21.1. The number of aromatic nitrogens is 3. The molecule has 0 aliphatic heterocycles. The highest BCUT2D eigenvalue weighted by Crippen LogP contribution is 2.29. The molecule has 0 unspecified atom stereocenters. The van der Waals surface area contributed by atoms with E-state index in [0.717, 1.165) is 0 Å². The second-order valence-electron chi connectivity index (χ2n) is 5.78. The van der Waals surface area contributed by atoms with Crippen LogP contribution in [0.15, 0.2) is 41.1 Å². The van der Waals surface area contributed by atoms with Gasteiger partial charge in [0, 0.05) is 12.3 Å². The highest BCUT2D eigenvalue weighted by atomic mass is 79.9. The number of carboxylic acid groups (broad SMARTS) is 1. The fourth-order valence-electron chi connectivity index (χ4n) is 2.62. The molecule has 0 saturated heterocycles. The van der Waals surface area contributed by atoms with Crippen molar-refractivity contribution < 1.29 is 14.7 Å². The average molecular weight is 476 g/mol. The molecule has 1 aromatic carbocycles. The topological polar surface area (TPSA) is 133 Å². The molecule has 146 valence electrons. The lowest BCUT2D eigenvalue weighted by Crippen LogP contribution is -2.20. The zero-order valence-corrected chi connectivity index (χ0v) is 17.1. The van der Waals surface area contributed by atoms with Gasteiger partial charge in [-0.1, -0.05) is 11.6 Å². The van der Waals surface area contributed by atoms with Gasteiger partial charge in [0.15, 0.2) is 5.82 Å². The second kappa shape index (κ2) is 8.30. The van der Waals surface area contributed by atoms with Crippen LogP contribution in [0.2, 0.25) is 5.02 Å². The van der Waals surface area contributed by atoms with Crippen molar-refractivity contribution in [1.82, 2.24) is 14.8 Å². The molecule has 2 aromatic heterocycles. The Hall–Kier alpha value is -3.42. The Labute approximate surface area is 178 Å². The lowest BCUT2D eigenvalue weighted by atomic mass is 10.1. The summed E-state index contributed by atoms with van der Waals surface area (Å²) in [6.07, 6.45) is 0.182. The number of amides is 2. The van der Waals surface area contributed by atoms with Crippen molar-refractivity contribution in [3.05, 3.63) is 63.0 Å². The van der Waals surface area contributed by atoms with Gasteiger partial charge < -0.3 is 10.4 Å². The largest absolute Gasteiger partial charge is 0.465 e. The first-order chi connectivity index (χ1) is 13.8. The van der Waals surface area contributed by atoms with Crippen molar-refractivity contribution in [3.63, 3.8) is 0 Å². The Morgan fingerprint density at radius 1 is 1.31 bits per heavy atom. The minimum atomic E-state index is -1.33. The third-order valence-electron chi connectivity index (χ3n) is 3.80. The average Bonchev–Trinajstić information content (AvgIpc) is 3.05. The van der Waals surface area contributed by atoms with E-state index >= 15 is 0 Å². The first-order valence-corrected chi connectivity index (χ1v) is 9.19. The van der Waals surface area contributed by atoms with E-state index in [-0.39, 0.29) is 28.5 Å². The van der Waals surface area contributed by atoms with Gasteiger partial charge in [0.05, 0.1) is 28.0 Å². The van der Waals surface area contributed by atoms with Crippen molar-refractivity contribution in [1.29, 1.82) is 5.26 Å². The number of hydrogen-bond acceptors (Lipinski definition) is 5. The molecule has 29 heavy (non-hydrogen) atoms. The van der Waals surface area contributed by atoms with Gasteiger partial charge in [-0.25, -0.2) is 14.5 Å². The summed E-state index contributed by atoms with van der Waals surface area (Å²) >= 11 is 9.40. The van der Waals surface area contributed by atoms with E-state index in [0.29, 0.717) is 15.2 Å². The number of nitriles is 1. The van der Waals surface area contributed by atoms with Gasteiger partial charge in [-0.2, -0.15) is 10.4 Å². The minimum absolute atomic E-state index is 0.0726. The number of carbonyl (C=O) groups is 2. The van der Waals surface area contributed by atoms with Crippen LogP contribution in [-0.2, 0) is 0 Å². The Morgan fingerprint density at radius 2 is 2.07 bits per heavy atom. The van der Waals surface area contributed by atoms with Crippen molar-refractivity contribution in [2.24, 2.45) is 0 Å². The molecule has 0 bridgehead atoms. The maximum absolute atomic E-state index is 13.0. The summed E-state index contributed by atoms with van der Waals surface area (Å²) in [6, 6.07) is 9.55. The maximum Gasteiger partial charge on any atom is 0.409 e. The molecule has 11 heteroatoms. The van der Waals surface area contributed by atoms with Gasteiger partial charge in [-0.15, -0.1) is 0 Å². The lowest BCUT2D eigenvalue weighted by molar-refractivity contribution is 0.101. The molecule has 3 aromatic rings. The molecule has 3 N–H and O–H groups in total. The number of nitrogens with zero attached hydrogens (tertiary/aromatic N) is 4. The van der Waals surface area contributed by atoms with Gasteiger partial charge in [0.2, 0.25) is 0 Å². The Kier molecular flexibility index (Phi) is 5.81. The van der Waals surface area contributed by atoms with Crippen LogP contribution in [0.5, 0.6) is 0 Å². The van der Waals surface area contributed by atoms with Crippen molar-refractivity contribution in [3.8, 4) is 11.9 Å². The number of halogens is 2. The molecule has 0 atom stereocenters. The molecule has 0 aliphatic rings. The number of hydrogen-bond donors (Lipinski definition) is 3. The van der Waals surface area contributed by atoms with Gasteiger partial charge in [0.1, 0.15) is 10.3 Å². The van der Waals surface area contributed by atoms with E-state index in [1.807, 2.05) is 6.07 Å². The molecule has 2 amide bonds. The van der Waals surface area contributed by atoms with Crippen LogP contribution >= 0.6 is 27.5 Å². The molecule has 9 nitrogen and oxygen atoms in total. The smallest absolute Gasteiger partial charge is 0.409 e. The van der Waals surface area contributed by atoms with Crippen LogP contribution in [0.25, 0.3) is 5.82 Å².